The molecule has 6 nitrogen and oxygen atoms in total. The van der Waals surface area contributed by atoms with Crippen molar-refractivity contribution in [3.63, 3.8) is 0 Å². The Kier molecular flexibility index (Phi) is 49.5. The van der Waals surface area contributed by atoms with Crippen molar-refractivity contribution in [3.05, 3.63) is 36.5 Å². The van der Waals surface area contributed by atoms with Crippen LogP contribution in [0, 0.1) is 0 Å². The van der Waals surface area contributed by atoms with E-state index in [0.29, 0.717) is 19.3 Å². The second-order valence-electron chi connectivity index (χ2n) is 19.0. The van der Waals surface area contributed by atoms with Crippen LogP contribution in [0.1, 0.15) is 290 Å². The predicted molar refractivity (Wildman–Crippen MR) is 273 cm³/mol. The zero-order valence-electron chi connectivity index (χ0n) is 42.2. The summed E-state index contributed by atoms with van der Waals surface area (Å²) in [6.45, 7) is 6.46. The van der Waals surface area contributed by atoms with Crippen molar-refractivity contribution in [2.24, 2.45) is 0 Å². The van der Waals surface area contributed by atoms with Gasteiger partial charge >= 0.3 is 5.97 Å². The van der Waals surface area contributed by atoms with Crippen molar-refractivity contribution in [1.82, 2.24) is 5.32 Å². The summed E-state index contributed by atoms with van der Waals surface area (Å²) < 4.78 is 5.92. The lowest BCUT2D eigenvalue weighted by Crippen LogP contribution is -2.46. The van der Waals surface area contributed by atoms with Crippen LogP contribution in [-0.2, 0) is 14.3 Å². The highest BCUT2D eigenvalue weighted by Gasteiger charge is 2.24. The number of rotatable bonds is 50. The van der Waals surface area contributed by atoms with Gasteiger partial charge in [-0.2, -0.15) is 0 Å². The summed E-state index contributed by atoms with van der Waals surface area (Å²) in [5.74, 6) is -0.501. The Morgan fingerprint density at radius 1 is 0.460 bits per heavy atom. The van der Waals surface area contributed by atoms with Crippen molar-refractivity contribution in [2.45, 2.75) is 309 Å². The van der Waals surface area contributed by atoms with E-state index in [-0.39, 0.29) is 24.9 Å². The van der Waals surface area contributed by atoms with Crippen molar-refractivity contribution in [2.75, 3.05) is 6.61 Å². The van der Waals surface area contributed by atoms with Gasteiger partial charge in [-0.15, -0.1) is 0 Å². The number of esters is 1. The van der Waals surface area contributed by atoms with E-state index in [2.05, 4.69) is 62.5 Å². The molecule has 0 spiro atoms. The number of unbranched alkanes of at least 4 members (excludes halogenated alkanes) is 33. The minimum Gasteiger partial charge on any atom is -0.462 e. The summed E-state index contributed by atoms with van der Waals surface area (Å²) in [5, 5.41) is 23.8. The molecule has 0 saturated carbocycles. The number of ether oxygens (including phenoxy) is 1. The highest BCUT2D eigenvalue weighted by molar-refractivity contribution is 5.77. The highest BCUT2D eigenvalue weighted by atomic mass is 16.5. The lowest BCUT2D eigenvalue weighted by Gasteiger charge is -2.24. The molecular formula is C57H107NO5. The number of allylic oxidation sites excluding steroid dienone is 6. The van der Waals surface area contributed by atoms with E-state index < -0.39 is 18.2 Å². The summed E-state index contributed by atoms with van der Waals surface area (Å²) in [5.41, 5.74) is 0. The average Bonchev–Trinajstić information content (AvgIpc) is 3.28. The monoisotopic (exact) mass is 886 g/mol. The molecule has 0 aliphatic rings. The molecule has 0 heterocycles. The number of carbonyl (C=O) groups is 2. The van der Waals surface area contributed by atoms with Gasteiger partial charge in [-0.1, -0.05) is 243 Å². The van der Waals surface area contributed by atoms with E-state index in [4.69, 9.17) is 4.74 Å². The normalized spacial score (nSPS) is 13.4. The Balaban J connectivity index is 4.54. The molecule has 1 amide bonds. The van der Waals surface area contributed by atoms with Crippen LogP contribution in [-0.4, -0.2) is 46.9 Å². The molecule has 6 heteroatoms. The van der Waals surface area contributed by atoms with E-state index in [1.54, 1.807) is 0 Å². The molecule has 0 aromatic heterocycles. The van der Waals surface area contributed by atoms with Gasteiger partial charge in [-0.25, -0.2) is 0 Å². The average molecular weight is 886 g/mol. The zero-order chi connectivity index (χ0) is 45.9. The fraction of sp³-hybridized carbons (Fsp3) is 0.860. The highest BCUT2D eigenvalue weighted by Crippen LogP contribution is 2.18. The van der Waals surface area contributed by atoms with E-state index >= 15 is 0 Å². The predicted octanol–water partition coefficient (Wildman–Crippen LogP) is 16.8. The number of hydrogen-bond donors (Lipinski definition) is 3. The Morgan fingerprint density at radius 2 is 0.825 bits per heavy atom. The third-order valence-electron chi connectivity index (χ3n) is 12.7. The number of aliphatic hydroxyl groups is 2. The fourth-order valence-electron chi connectivity index (χ4n) is 8.46. The first kappa shape index (κ1) is 61.1. The van der Waals surface area contributed by atoms with Crippen LogP contribution < -0.4 is 5.32 Å². The molecule has 0 radical (unpaired) electrons. The molecule has 0 aliphatic heterocycles. The summed E-state index contributed by atoms with van der Waals surface area (Å²) in [6.07, 6.45) is 60.7. The molecule has 3 atom stereocenters. The molecule has 3 unspecified atom stereocenters. The van der Waals surface area contributed by atoms with E-state index in [9.17, 15) is 19.8 Å². The van der Waals surface area contributed by atoms with Gasteiger partial charge < -0.3 is 20.3 Å². The number of aliphatic hydroxyl groups excluding tert-OH is 2. The first-order valence-corrected chi connectivity index (χ1v) is 27.7. The third-order valence-corrected chi connectivity index (χ3v) is 12.7. The summed E-state index contributed by atoms with van der Waals surface area (Å²) in [6, 6.07) is -0.710. The van der Waals surface area contributed by atoms with Crippen molar-refractivity contribution in [3.8, 4) is 0 Å². The van der Waals surface area contributed by atoms with Crippen LogP contribution >= 0.6 is 0 Å². The zero-order valence-corrected chi connectivity index (χ0v) is 42.2. The lowest BCUT2D eigenvalue weighted by atomic mass is 10.0. The van der Waals surface area contributed by atoms with Gasteiger partial charge in [0, 0.05) is 6.42 Å². The number of hydrogen-bond acceptors (Lipinski definition) is 5. The Labute approximate surface area is 392 Å². The standard InChI is InChI=1S/C57H107NO5/c1-4-7-10-13-16-19-22-24-26-28-30-32-35-37-40-43-46-49-55(60)54(52-59)58-56(61)51-53(63-57(62)50-47-44-41-38-33-21-18-15-12-9-6-3)48-45-42-39-36-34-31-29-27-25-23-20-17-14-11-8-5-2/h15,18,27,29,31,34,53-55,59-60H,4-14,16-17,19-26,28,30,32-33,35-52H2,1-3H3,(H,58,61)/b18-15-,29-27+,34-31+. The lowest BCUT2D eigenvalue weighted by molar-refractivity contribution is -0.151. The molecule has 0 aliphatic carbocycles. The molecule has 63 heavy (non-hydrogen) atoms. The van der Waals surface area contributed by atoms with Crippen molar-refractivity contribution >= 4 is 11.9 Å². The van der Waals surface area contributed by atoms with Gasteiger partial charge in [0.2, 0.25) is 5.91 Å². The summed E-state index contributed by atoms with van der Waals surface area (Å²) in [4.78, 5) is 26.2. The van der Waals surface area contributed by atoms with Gasteiger partial charge in [-0.05, 0) is 70.6 Å². The summed E-state index contributed by atoms with van der Waals surface area (Å²) >= 11 is 0. The van der Waals surface area contributed by atoms with Gasteiger partial charge in [0.1, 0.15) is 6.10 Å². The molecule has 0 bridgehead atoms. The number of carbonyl (C=O) groups excluding carboxylic acids is 2. The SMILES string of the molecule is CCCC/C=C\CCCCCCCC(=O)OC(CCCCC/C=C/C=C/CCCCCCCCC)CC(=O)NC(CO)C(O)CCCCCCCCCCCCCCCCCCC. The van der Waals surface area contributed by atoms with E-state index in [1.165, 1.54) is 167 Å². The second-order valence-corrected chi connectivity index (χ2v) is 19.0. The Morgan fingerprint density at radius 3 is 1.29 bits per heavy atom. The summed E-state index contributed by atoms with van der Waals surface area (Å²) in [7, 11) is 0. The Hall–Kier alpha value is -1.92. The smallest absolute Gasteiger partial charge is 0.306 e. The number of amides is 1. The molecule has 370 valence electrons. The molecule has 0 aromatic carbocycles. The van der Waals surface area contributed by atoms with Crippen LogP contribution in [0.2, 0.25) is 0 Å². The maximum Gasteiger partial charge on any atom is 0.306 e. The van der Waals surface area contributed by atoms with Crippen LogP contribution in [0.25, 0.3) is 0 Å². The van der Waals surface area contributed by atoms with Crippen LogP contribution in [0.5, 0.6) is 0 Å². The minimum absolute atomic E-state index is 0.0588. The first-order valence-electron chi connectivity index (χ1n) is 27.7. The maximum atomic E-state index is 13.2. The molecule has 0 saturated heterocycles. The number of nitrogens with one attached hydrogen (secondary N) is 1. The van der Waals surface area contributed by atoms with Gasteiger partial charge in [-0.3, -0.25) is 9.59 Å². The molecule has 0 aromatic rings. The molecule has 0 rings (SSSR count). The van der Waals surface area contributed by atoms with Gasteiger partial charge in [0.05, 0.1) is 25.2 Å². The van der Waals surface area contributed by atoms with E-state index in [1.807, 2.05) is 0 Å². The van der Waals surface area contributed by atoms with Crippen LogP contribution in [0.15, 0.2) is 36.5 Å². The molecule has 3 N–H and O–H groups in total. The van der Waals surface area contributed by atoms with E-state index in [0.717, 1.165) is 77.0 Å². The maximum absolute atomic E-state index is 13.2. The van der Waals surface area contributed by atoms with Crippen LogP contribution in [0.3, 0.4) is 0 Å². The molecular weight excluding hydrogens is 779 g/mol. The first-order chi connectivity index (χ1) is 31.0. The second kappa shape index (κ2) is 51.1. The fourth-order valence-corrected chi connectivity index (χ4v) is 8.46. The largest absolute Gasteiger partial charge is 0.462 e. The van der Waals surface area contributed by atoms with Crippen LogP contribution in [0.4, 0.5) is 0 Å². The minimum atomic E-state index is -0.795. The van der Waals surface area contributed by atoms with Crippen molar-refractivity contribution < 1.29 is 24.5 Å². The van der Waals surface area contributed by atoms with Gasteiger partial charge in [0.15, 0.2) is 0 Å². The molecule has 0 fully saturated rings. The Bertz CT molecular complexity index is 1040. The van der Waals surface area contributed by atoms with Crippen molar-refractivity contribution in [1.29, 1.82) is 0 Å². The third kappa shape index (κ3) is 46.4. The topological polar surface area (TPSA) is 95.9 Å². The quantitative estimate of drug-likeness (QED) is 0.0245. The van der Waals surface area contributed by atoms with Gasteiger partial charge in [0.25, 0.3) is 0 Å².